The fourth-order valence-electron chi connectivity index (χ4n) is 7.51. The van der Waals surface area contributed by atoms with Crippen LogP contribution in [0.4, 0.5) is 0 Å². The molecule has 46 heavy (non-hydrogen) atoms. The van der Waals surface area contributed by atoms with Gasteiger partial charge in [-0.2, -0.15) is 0 Å². The number of unbranched alkanes of at least 4 members (excludes halogenated alkanes) is 1. The van der Waals surface area contributed by atoms with E-state index in [9.17, 15) is 0 Å². The molecule has 0 N–H and O–H groups in total. The Bertz CT molecular complexity index is 1920. The maximum Gasteiger partial charge on any atom is 0.246 e. The molecule has 0 spiro atoms. The van der Waals surface area contributed by atoms with Crippen molar-refractivity contribution in [1.82, 2.24) is 4.98 Å². The fraction of sp³-hybridized carbons (Fsp3) is 0.250. The van der Waals surface area contributed by atoms with E-state index in [1.807, 2.05) is 6.20 Å². The Morgan fingerprint density at radius 1 is 0.739 bits per heavy atom. The average Bonchev–Trinajstić information content (AvgIpc) is 3.61. The van der Waals surface area contributed by atoms with E-state index in [1.165, 1.54) is 80.2 Å². The van der Waals surface area contributed by atoms with Gasteiger partial charge in [0.15, 0.2) is 0 Å². The summed E-state index contributed by atoms with van der Waals surface area (Å²) >= 11 is 0. The van der Waals surface area contributed by atoms with Crippen LogP contribution < -0.4 is 16.4 Å². The lowest BCUT2D eigenvalue weighted by Crippen LogP contribution is -2.51. The van der Waals surface area contributed by atoms with Crippen LogP contribution in [0.5, 0.6) is 0 Å². The monoisotopic (exact) mass is 597 g/mol. The van der Waals surface area contributed by atoms with E-state index in [-0.39, 0.29) is 12.1 Å². The third kappa shape index (κ3) is 5.38. The minimum Gasteiger partial charge on any atom is -0.257 e. The van der Waals surface area contributed by atoms with E-state index >= 15 is 0 Å². The molecule has 0 bridgehead atoms. The zero-order valence-corrected chi connectivity index (χ0v) is 27.8. The molecule has 0 radical (unpaired) electrons. The van der Waals surface area contributed by atoms with Crippen molar-refractivity contribution in [1.29, 1.82) is 0 Å². The van der Waals surface area contributed by atoms with Crippen LogP contribution in [0, 0.1) is 5.92 Å². The van der Waals surface area contributed by atoms with Crippen molar-refractivity contribution in [2.24, 2.45) is 5.92 Å². The van der Waals surface area contributed by atoms with Gasteiger partial charge in [-0.1, -0.05) is 161 Å². The molecule has 8 rings (SSSR count). The van der Waals surface area contributed by atoms with Gasteiger partial charge in [0, 0.05) is 6.20 Å². The molecule has 0 saturated heterocycles. The van der Waals surface area contributed by atoms with E-state index < -0.39 is 0 Å². The number of hydrogen-bond acceptors (Lipinski definition) is 1. The molecule has 2 heteroatoms. The van der Waals surface area contributed by atoms with Gasteiger partial charge < -0.3 is 0 Å². The molecule has 2 heterocycles. The Balaban J connectivity index is 0.000000801. The minimum atomic E-state index is 0.0893. The van der Waals surface area contributed by atoms with Crippen molar-refractivity contribution in [3.63, 3.8) is 0 Å². The van der Waals surface area contributed by atoms with Gasteiger partial charge in [0.1, 0.15) is 0 Å². The predicted molar refractivity (Wildman–Crippen MR) is 200 cm³/mol. The van der Waals surface area contributed by atoms with Crippen LogP contribution >= 0.6 is 0 Å². The first-order valence-electron chi connectivity index (χ1n) is 17.3. The van der Waals surface area contributed by atoms with Crippen molar-refractivity contribution in [2.75, 3.05) is 0 Å². The Hall–Kier alpha value is -4.43. The largest absolute Gasteiger partial charge is 0.257 e. The Kier molecular flexibility index (Phi) is 8.39. The lowest BCUT2D eigenvalue weighted by molar-refractivity contribution is 0.704. The number of benzene rings is 4. The van der Waals surface area contributed by atoms with Crippen LogP contribution in [-0.4, -0.2) is 11.7 Å². The van der Waals surface area contributed by atoms with Crippen molar-refractivity contribution in [3.8, 4) is 33.5 Å². The van der Waals surface area contributed by atoms with Gasteiger partial charge >= 0.3 is 0 Å². The molecular formula is C44H44BN. The van der Waals surface area contributed by atoms with Crippen LogP contribution in [0.25, 0.3) is 39.1 Å². The van der Waals surface area contributed by atoms with Gasteiger partial charge in [-0.25, -0.2) is 0 Å². The van der Waals surface area contributed by atoms with Gasteiger partial charge in [-0.15, -0.1) is 0 Å². The number of aromatic nitrogens is 1. The van der Waals surface area contributed by atoms with Crippen molar-refractivity contribution in [3.05, 3.63) is 139 Å². The highest BCUT2D eigenvalue weighted by Gasteiger charge is 2.51. The molecule has 5 aromatic rings. The van der Waals surface area contributed by atoms with Gasteiger partial charge in [0.2, 0.25) is 6.71 Å². The van der Waals surface area contributed by atoms with E-state index in [1.54, 1.807) is 0 Å². The summed E-state index contributed by atoms with van der Waals surface area (Å²) in [6.07, 6.45) is 15.1. The molecule has 1 fully saturated rings. The fourth-order valence-corrected chi connectivity index (χ4v) is 7.51. The summed E-state index contributed by atoms with van der Waals surface area (Å²) in [4.78, 5) is 5.12. The third-order valence-corrected chi connectivity index (χ3v) is 10.5. The summed E-state index contributed by atoms with van der Waals surface area (Å²) in [7, 11) is 0. The molecule has 2 aliphatic carbocycles. The molecule has 1 aliphatic heterocycles. The van der Waals surface area contributed by atoms with E-state index in [0.29, 0.717) is 5.92 Å². The SMILES string of the molecule is CCCC.C[C@H]1CC1(C)c1cc(-c2ccccc2)cc2c1-c1ncccc1B2c1c(C2=CCCC=C2)cccc1-c1ccccc1. The van der Waals surface area contributed by atoms with E-state index in [4.69, 9.17) is 4.98 Å². The molecule has 1 saturated carbocycles. The highest BCUT2D eigenvalue weighted by Crippen LogP contribution is 2.56. The number of fused-ring (bicyclic) bond motifs is 3. The molecule has 2 atom stereocenters. The summed E-state index contributed by atoms with van der Waals surface area (Å²) < 4.78 is 0. The van der Waals surface area contributed by atoms with Crippen molar-refractivity contribution < 1.29 is 0 Å². The second-order valence-electron chi connectivity index (χ2n) is 13.5. The molecule has 4 aromatic carbocycles. The smallest absolute Gasteiger partial charge is 0.246 e. The molecule has 1 unspecified atom stereocenters. The summed E-state index contributed by atoms with van der Waals surface area (Å²) in [5.74, 6) is 0.656. The summed E-state index contributed by atoms with van der Waals surface area (Å²) in [5.41, 5.74) is 16.1. The van der Waals surface area contributed by atoms with Gasteiger partial charge in [-0.3, -0.25) is 4.98 Å². The lowest BCUT2D eigenvalue weighted by atomic mass is 9.37. The molecule has 228 valence electrons. The van der Waals surface area contributed by atoms with Gasteiger partial charge in [-0.05, 0) is 92.7 Å². The van der Waals surface area contributed by atoms with Crippen LogP contribution in [0.15, 0.2) is 128 Å². The summed E-state index contributed by atoms with van der Waals surface area (Å²) in [5, 5.41) is 0. The van der Waals surface area contributed by atoms with Crippen LogP contribution in [-0.2, 0) is 5.41 Å². The first-order chi connectivity index (χ1) is 22.5. The van der Waals surface area contributed by atoms with Crippen LogP contribution in [0.2, 0.25) is 0 Å². The van der Waals surface area contributed by atoms with Crippen LogP contribution in [0.1, 0.15) is 70.9 Å². The maximum absolute atomic E-state index is 5.12. The topological polar surface area (TPSA) is 12.9 Å². The molecule has 1 aromatic heterocycles. The highest BCUT2D eigenvalue weighted by molar-refractivity contribution is 7.00. The number of allylic oxidation sites excluding steroid dienone is 4. The normalized spacial score (nSPS) is 19.1. The van der Waals surface area contributed by atoms with Gasteiger partial charge in [0.05, 0.1) is 5.69 Å². The number of nitrogens with zero attached hydrogens (tertiary/aromatic N) is 1. The molecule has 3 aliphatic rings. The minimum absolute atomic E-state index is 0.0893. The molecular weight excluding hydrogens is 553 g/mol. The quantitative estimate of drug-likeness (QED) is 0.174. The first-order valence-corrected chi connectivity index (χ1v) is 17.3. The van der Waals surface area contributed by atoms with Crippen molar-refractivity contribution in [2.45, 2.75) is 65.2 Å². The van der Waals surface area contributed by atoms with Crippen LogP contribution in [0.3, 0.4) is 0 Å². The standard InChI is InChI=1S/C40H34BN.C4H10/c1-27-26-40(27,2)34-24-31(28-14-6-3-7-15-28)25-36-37(34)39-35(22-13-23-42-39)41(36)38-32(29-16-8-4-9-17-29)20-12-21-33(38)30-18-10-5-11-19-30;1-3-4-2/h3-4,6-10,12-25,27H,5,11,26H2,1-2H3;3-4H2,1-2H3/t27-,40?;/m0./s1. The van der Waals surface area contributed by atoms with Crippen molar-refractivity contribution >= 4 is 28.7 Å². The zero-order chi connectivity index (χ0) is 31.7. The molecule has 1 nitrogen and oxygen atoms in total. The Morgan fingerprint density at radius 2 is 1.43 bits per heavy atom. The second-order valence-corrected chi connectivity index (χ2v) is 13.5. The van der Waals surface area contributed by atoms with Gasteiger partial charge in [0.25, 0.3) is 0 Å². The van der Waals surface area contributed by atoms with E-state index in [2.05, 4.69) is 149 Å². The number of hydrogen-bond donors (Lipinski definition) is 0. The lowest BCUT2D eigenvalue weighted by Gasteiger charge is -2.23. The third-order valence-electron chi connectivity index (χ3n) is 10.5. The second kappa shape index (κ2) is 12.8. The predicted octanol–water partition coefficient (Wildman–Crippen LogP) is 9.75. The Labute approximate surface area is 276 Å². The molecule has 0 amide bonds. The number of pyridine rings is 1. The van der Waals surface area contributed by atoms with E-state index in [0.717, 1.165) is 18.5 Å². The highest BCUT2D eigenvalue weighted by atomic mass is 14.7. The summed E-state index contributed by atoms with van der Waals surface area (Å²) in [6.45, 7) is 9.31. The maximum atomic E-state index is 5.12. The summed E-state index contributed by atoms with van der Waals surface area (Å²) in [6, 6.07) is 38.2. The Morgan fingerprint density at radius 3 is 2.09 bits per heavy atom. The average molecular weight is 598 g/mol. The first kappa shape index (κ1) is 30.2. The zero-order valence-electron chi connectivity index (χ0n) is 27.8. The number of rotatable bonds is 6.